The van der Waals surface area contributed by atoms with Crippen molar-refractivity contribution in [2.24, 2.45) is 0 Å². The molecule has 2 aromatic rings. The number of hydrogen-bond donors (Lipinski definition) is 1. The summed E-state index contributed by atoms with van der Waals surface area (Å²) in [6, 6.07) is 18.9. The van der Waals surface area contributed by atoms with Crippen LogP contribution in [-0.4, -0.2) is 43.5 Å². The van der Waals surface area contributed by atoms with Gasteiger partial charge >= 0.3 is 0 Å². The van der Waals surface area contributed by atoms with E-state index in [0.717, 1.165) is 50.3 Å². The monoisotopic (exact) mass is 387 g/mol. The Morgan fingerprint density at radius 1 is 1.15 bits per heavy atom. The summed E-state index contributed by atoms with van der Waals surface area (Å²) in [6.45, 7) is 5.70. The molecule has 1 aliphatic rings. The van der Waals surface area contributed by atoms with Crippen molar-refractivity contribution in [2.75, 3.05) is 31.6 Å². The van der Waals surface area contributed by atoms with E-state index < -0.39 is 0 Å². The van der Waals surface area contributed by atoms with Crippen molar-refractivity contribution in [1.82, 2.24) is 10.2 Å². The van der Waals surface area contributed by atoms with Crippen molar-refractivity contribution in [3.63, 3.8) is 0 Å². The van der Waals surface area contributed by atoms with Crippen molar-refractivity contribution in [3.8, 4) is 0 Å². The second-order valence-corrected chi connectivity index (χ2v) is 6.90. The molecule has 1 amide bonds. The van der Waals surface area contributed by atoms with Crippen molar-refractivity contribution < 1.29 is 4.79 Å². The molecule has 0 spiro atoms. The average molecular weight is 388 g/mol. The van der Waals surface area contributed by atoms with E-state index in [2.05, 4.69) is 53.5 Å². The van der Waals surface area contributed by atoms with Gasteiger partial charge < -0.3 is 15.1 Å². The molecular weight excluding hydrogens is 358 g/mol. The fourth-order valence-electron chi connectivity index (χ4n) is 3.72. The third kappa shape index (κ3) is 5.24. The number of benzene rings is 2. The number of carbonyl (C=O) groups excluding carboxylic acids is 1. The topological polar surface area (TPSA) is 35.6 Å². The van der Waals surface area contributed by atoms with Gasteiger partial charge in [0.05, 0.1) is 0 Å². The summed E-state index contributed by atoms with van der Waals surface area (Å²) in [6.07, 6.45) is 2.18. The molecule has 0 aromatic heterocycles. The molecule has 0 aliphatic carbocycles. The molecule has 27 heavy (non-hydrogen) atoms. The first-order valence-corrected chi connectivity index (χ1v) is 9.57. The van der Waals surface area contributed by atoms with Gasteiger partial charge in [-0.3, -0.25) is 4.79 Å². The zero-order valence-electron chi connectivity index (χ0n) is 16.2. The van der Waals surface area contributed by atoms with E-state index >= 15 is 0 Å². The minimum atomic E-state index is 0. The zero-order chi connectivity index (χ0) is 18.4. The van der Waals surface area contributed by atoms with E-state index in [1.165, 1.54) is 5.56 Å². The molecule has 4 nitrogen and oxygen atoms in total. The summed E-state index contributed by atoms with van der Waals surface area (Å²) in [5.74, 6) is 0.153. The fourth-order valence-corrected chi connectivity index (χ4v) is 3.72. The highest BCUT2D eigenvalue weighted by atomic mass is 35.5. The van der Waals surface area contributed by atoms with Crippen LogP contribution in [0.25, 0.3) is 0 Å². The minimum Gasteiger partial charge on any atom is -0.367 e. The lowest BCUT2D eigenvalue weighted by Crippen LogP contribution is -2.40. The smallest absolute Gasteiger partial charge is 0.254 e. The molecule has 0 bridgehead atoms. The fraction of sp³-hybridized carbons (Fsp3) is 0.409. The third-order valence-corrected chi connectivity index (χ3v) is 5.16. The highest BCUT2D eigenvalue weighted by molar-refractivity contribution is 5.95. The maximum Gasteiger partial charge on any atom is 0.254 e. The normalized spacial score (nSPS) is 16.1. The van der Waals surface area contributed by atoms with Crippen LogP contribution in [0.2, 0.25) is 0 Å². The van der Waals surface area contributed by atoms with Crippen LogP contribution in [-0.2, 0) is 6.54 Å². The van der Waals surface area contributed by atoms with Crippen LogP contribution >= 0.6 is 12.4 Å². The first-order chi connectivity index (χ1) is 12.7. The third-order valence-electron chi connectivity index (χ3n) is 5.16. The maximum atomic E-state index is 12.9. The molecule has 1 fully saturated rings. The van der Waals surface area contributed by atoms with Gasteiger partial charge in [0, 0.05) is 43.5 Å². The molecule has 5 heteroatoms. The molecule has 1 aliphatic heterocycles. The summed E-state index contributed by atoms with van der Waals surface area (Å²) in [5, 5.41) is 3.20. The van der Waals surface area contributed by atoms with Gasteiger partial charge in [0.25, 0.3) is 5.91 Å². The van der Waals surface area contributed by atoms with Crippen LogP contribution in [0.3, 0.4) is 0 Å². The number of carbonyl (C=O) groups is 1. The Hall–Kier alpha value is -2.04. The lowest BCUT2D eigenvalue weighted by molar-refractivity contribution is 0.0737. The van der Waals surface area contributed by atoms with E-state index in [1.807, 2.05) is 30.1 Å². The molecule has 1 atom stereocenters. The SMILES string of the molecule is CCN(Cc1ccccc1)c1ccc(C(=O)N2CCCC2CNC)cc1.Cl. The molecule has 0 radical (unpaired) electrons. The molecule has 1 heterocycles. The predicted molar refractivity (Wildman–Crippen MR) is 115 cm³/mol. The summed E-state index contributed by atoms with van der Waals surface area (Å²) in [7, 11) is 1.95. The first kappa shape index (κ1) is 21.3. The number of likely N-dealkylation sites (N-methyl/N-ethyl adjacent to an activating group) is 1. The molecule has 1 N–H and O–H groups in total. The number of hydrogen-bond acceptors (Lipinski definition) is 3. The van der Waals surface area contributed by atoms with Crippen LogP contribution < -0.4 is 10.2 Å². The number of rotatable bonds is 7. The summed E-state index contributed by atoms with van der Waals surface area (Å²) >= 11 is 0. The average Bonchev–Trinajstić information content (AvgIpc) is 3.15. The van der Waals surface area contributed by atoms with Crippen LogP contribution in [0.4, 0.5) is 5.69 Å². The second-order valence-electron chi connectivity index (χ2n) is 6.90. The molecule has 3 rings (SSSR count). The molecule has 1 unspecified atom stereocenters. The van der Waals surface area contributed by atoms with Gasteiger partial charge in [-0.2, -0.15) is 0 Å². The molecule has 2 aromatic carbocycles. The lowest BCUT2D eigenvalue weighted by atomic mass is 10.1. The number of likely N-dealkylation sites (tertiary alicyclic amines) is 1. The Balaban J connectivity index is 0.00000261. The van der Waals surface area contributed by atoms with Gasteiger partial charge in [0.15, 0.2) is 0 Å². The second kappa shape index (κ2) is 10.3. The Morgan fingerprint density at radius 3 is 2.48 bits per heavy atom. The quantitative estimate of drug-likeness (QED) is 0.781. The highest BCUT2D eigenvalue weighted by Gasteiger charge is 2.28. The molecule has 146 valence electrons. The zero-order valence-corrected chi connectivity index (χ0v) is 17.0. The largest absolute Gasteiger partial charge is 0.367 e. The van der Waals surface area contributed by atoms with Crippen LogP contribution in [0, 0.1) is 0 Å². The van der Waals surface area contributed by atoms with E-state index in [9.17, 15) is 4.79 Å². The molecule has 1 saturated heterocycles. The Morgan fingerprint density at radius 2 is 1.85 bits per heavy atom. The summed E-state index contributed by atoms with van der Waals surface area (Å²) < 4.78 is 0. The van der Waals surface area contributed by atoms with Crippen molar-refractivity contribution in [2.45, 2.75) is 32.4 Å². The molecular formula is C22H30ClN3O. The number of nitrogens with zero attached hydrogens (tertiary/aromatic N) is 2. The first-order valence-electron chi connectivity index (χ1n) is 9.57. The maximum absolute atomic E-state index is 12.9. The van der Waals surface area contributed by atoms with Crippen molar-refractivity contribution in [3.05, 3.63) is 65.7 Å². The van der Waals surface area contributed by atoms with E-state index in [0.29, 0.717) is 6.04 Å². The Labute approximate surface area is 169 Å². The Kier molecular flexibility index (Phi) is 8.14. The predicted octanol–water partition coefficient (Wildman–Crippen LogP) is 3.96. The van der Waals surface area contributed by atoms with E-state index in [1.54, 1.807) is 0 Å². The number of nitrogens with one attached hydrogen (secondary N) is 1. The number of amides is 1. The van der Waals surface area contributed by atoms with Crippen LogP contribution in [0.1, 0.15) is 35.7 Å². The summed E-state index contributed by atoms with van der Waals surface area (Å²) in [5.41, 5.74) is 3.23. The van der Waals surface area contributed by atoms with Gasteiger partial charge in [0.2, 0.25) is 0 Å². The van der Waals surface area contributed by atoms with Gasteiger partial charge in [-0.25, -0.2) is 0 Å². The van der Waals surface area contributed by atoms with Crippen molar-refractivity contribution >= 4 is 24.0 Å². The van der Waals surface area contributed by atoms with Crippen LogP contribution in [0.5, 0.6) is 0 Å². The number of halogens is 1. The van der Waals surface area contributed by atoms with Gasteiger partial charge in [0.1, 0.15) is 0 Å². The van der Waals surface area contributed by atoms with E-state index in [-0.39, 0.29) is 18.3 Å². The van der Waals surface area contributed by atoms with Crippen LogP contribution in [0.15, 0.2) is 54.6 Å². The summed E-state index contributed by atoms with van der Waals surface area (Å²) in [4.78, 5) is 17.2. The number of anilines is 1. The van der Waals surface area contributed by atoms with Crippen molar-refractivity contribution in [1.29, 1.82) is 0 Å². The van der Waals surface area contributed by atoms with E-state index in [4.69, 9.17) is 0 Å². The minimum absolute atomic E-state index is 0. The standard InChI is InChI=1S/C22H29N3O.ClH/c1-3-24(17-18-8-5-4-6-9-18)20-13-11-19(12-14-20)22(26)25-15-7-10-21(25)16-23-2;/h4-6,8-9,11-14,21,23H,3,7,10,15-17H2,1-2H3;1H. The van der Waals surface area contributed by atoms with Gasteiger partial charge in [-0.1, -0.05) is 30.3 Å². The lowest BCUT2D eigenvalue weighted by Gasteiger charge is -2.26. The van der Waals surface area contributed by atoms with Gasteiger partial charge in [-0.05, 0) is 56.6 Å². The van der Waals surface area contributed by atoms with Gasteiger partial charge in [-0.15, -0.1) is 12.4 Å². The molecule has 0 saturated carbocycles. The Bertz CT molecular complexity index is 705. The highest BCUT2D eigenvalue weighted by Crippen LogP contribution is 2.22.